The SMILES string of the molecule is CC(=O)C(N)CC(C)CCC1CC1. The van der Waals surface area contributed by atoms with Gasteiger partial charge in [0.25, 0.3) is 0 Å². The lowest BCUT2D eigenvalue weighted by Crippen LogP contribution is -2.30. The number of rotatable bonds is 6. The van der Waals surface area contributed by atoms with Gasteiger partial charge in [-0.05, 0) is 25.2 Å². The highest BCUT2D eigenvalue weighted by Gasteiger charge is 2.22. The summed E-state index contributed by atoms with van der Waals surface area (Å²) >= 11 is 0. The van der Waals surface area contributed by atoms with Gasteiger partial charge in [-0.2, -0.15) is 0 Å². The van der Waals surface area contributed by atoms with Gasteiger partial charge < -0.3 is 5.73 Å². The molecule has 13 heavy (non-hydrogen) atoms. The van der Waals surface area contributed by atoms with Gasteiger partial charge in [0.2, 0.25) is 0 Å². The lowest BCUT2D eigenvalue weighted by atomic mass is 9.95. The monoisotopic (exact) mass is 183 g/mol. The molecule has 1 rings (SSSR count). The van der Waals surface area contributed by atoms with Crippen LogP contribution in [0.4, 0.5) is 0 Å². The van der Waals surface area contributed by atoms with Gasteiger partial charge in [0, 0.05) is 0 Å². The Labute approximate surface area is 80.9 Å². The van der Waals surface area contributed by atoms with Crippen LogP contribution in [-0.2, 0) is 4.79 Å². The fourth-order valence-corrected chi connectivity index (χ4v) is 1.64. The third kappa shape index (κ3) is 4.41. The molecule has 1 aliphatic rings. The summed E-state index contributed by atoms with van der Waals surface area (Å²) in [5.41, 5.74) is 5.69. The van der Waals surface area contributed by atoms with Gasteiger partial charge in [-0.1, -0.05) is 32.6 Å². The highest BCUT2D eigenvalue weighted by molar-refractivity contribution is 5.81. The first-order valence-electron chi connectivity index (χ1n) is 5.35. The summed E-state index contributed by atoms with van der Waals surface area (Å²) in [5.74, 6) is 1.73. The Bertz CT molecular complexity index is 175. The lowest BCUT2D eigenvalue weighted by molar-refractivity contribution is -0.118. The molecule has 0 spiro atoms. The minimum Gasteiger partial charge on any atom is -0.322 e. The third-order valence-corrected chi connectivity index (χ3v) is 2.94. The molecule has 0 aromatic rings. The molecule has 1 aliphatic carbocycles. The minimum atomic E-state index is -0.228. The average Bonchev–Trinajstić information content (AvgIpc) is 2.83. The zero-order valence-corrected chi connectivity index (χ0v) is 8.75. The molecule has 0 saturated heterocycles. The first kappa shape index (κ1) is 10.7. The Balaban J connectivity index is 2.07. The van der Waals surface area contributed by atoms with Crippen LogP contribution >= 0.6 is 0 Å². The molecule has 1 fully saturated rings. The molecule has 2 unspecified atom stereocenters. The van der Waals surface area contributed by atoms with E-state index in [-0.39, 0.29) is 11.8 Å². The maximum atomic E-state index is 10.9. The van der Waals surface area contributed by atoms with E-state index in [9.17, 15) is 4.79 Å². The molecule has 0 radical (unpaired) electrons. The summed E-state index contributed by atoms with van der Waals surface area (Å²) in [6, 6.07) is -0.228. The molecule has 2 heteroatoms. The summed E-state index contributed by atoms with van der Waals surface area (Å²) in [7, 11) is 0. The first-order chi connectivity index (χ1) is 6.09. The van der Waals surface area contributed by atoms with Crippen LogP contribution in [0.25, 0.3) is 0 Å². The molecular weight excluding hydrogens is 162 g/mol. The van der Waals surface area contributed by atoms with Gasteiger partial charge in [0.1, 0.15) is 5.78 Å². The van der Waals surface area contributed by atoms with Crippen LogP contribution in [0.15, 0.2) is 0 Å². The van der Waals surface area contributed by atoms with Gasteiger partial charge in [-0.25, -0.2) is 0 Å². The standard InChI is InChI=1S/C11H21NO/c1-8(3-4-10-5-6-10)7-11(12)9(2)13/h8,10-11H,3-7,12H2,1-2H3. The summed E-state index contributed by atoms with van der Waals surface area (Å²) < 4.78 is 0. The summed E-state index contributed by atoms with van der Waals surface area (Å²) in [6.07, 6.45) is 6.29. The average molecular weight is 183 g/mol. The van der Waals surface area contributed by atoms with Gasteiger partial charge in [0.15, 0.2) is 0 Å². The van der Waals surface area contributed by atoms with E-state index < -0.39 is 0 Å². The largest absolute Gasteiger partial charge is 0.322 e. The van der Waals surface area contributed by atoms with E-state index in [4.69, 9.17) is 5.73 Å². The van der Waals surface area contributed by atoms with Crippen molar-refractivity contribution in [2.45, 2.75) is 52.0 Å². The number of hydrogen-bond acceptors (Lipinski definition) is 2. The van der Waals surface area contributed by atoms with Crippen LogP contribution in [-0.4, -0.2) is 11.8 Å². The van der Waals surface area contributed by atoms with Crippen molar-refractivity contribution < 1.29 is 4.79 Å². The molecule has 1 saturated carbocycles. The smallest absolute Gasteiger partial charge is 0.146 e. The Morgan fingerprint density at radius 3 is 2.62 bits per heavy atom. The van der Waals surface area contributed by atoms with Crippen LogP contribution in [0.5, 0.6) is 0 Å². The Kier molecular flexibility index (Phi) is 3.91. The molecule has 76 valence electrons. The fraction of sp³-hybridized carbons (Fsp3) is 0.909. The summed E-state index contributed by atoms with van der Waals surface area (Å²) in [6.45, 7) is 3.78. The Hall–Kier alpha value is -0.370. The van der Waals surface area contributed by atoms with Gasteiger partial charge >= 0.3 is 0 Å². The molecular formula is C11H21NO. The van der Waals surface area contributed by atoms with Crippen molar-refractivity contribution in [3.8, 4) is 0 Å². The second kappa shape index (κ2) is 4.75. The van der Waals surface area contributed by atoms with E-state index in [1.54, 1.807) is 6.92 Å². The topological polar surface area (TPSA) is 43.1 Å². The fourth-order valence-electron chi connectivity index (χ4n) is 1.64. The molecule has 2 nitrogen and oxygen atoms in total. The summed E-state index contributed by atoms with van der Waals surface area (Å²) in [5, 5.41) is 0. The van der Waals surface area contributed by atoms with Crippen LogP contribution in [0, 0.1) is 11.8 Å². The van der Waals surface area contributed by atoms with Crippen LogP contribution in [0.2, 0.25) is 0 Å². The maximum absolute atomic E-state index is 10.9. The highest BCUT2D eigenvalue weighted by Crippen LogP contribution is 2.35. The number of ketones is 1. The molecule has 0 aromatic heterocycles. The van der Waals surface area contributed by atoms with E-state index >= 15 is 0 Å². The Morgan fingerprint density at radius 1 is 1.54 bits per heavy atom. The number of carbonyl (C=O) groups excluding carboxylic acids is 1. The number of nitrogens with two attached hydrogens (primary N) is 1. The first-order valence-corrected chi connectivity index (χ1v) is 5.35. The van der Waals surface area contributed by atoms with E-state index in [1.807, 2.05) is 0 Å². The predicted molar refractivity (Wildman–Crippen MR) is 54.4 cm³/mol. The molecule has 0 aromatic carbocycles. The highest BCUT2D eigenvalue weighted by atomic mass is 16.1. The van der Waals surface area contributed by atoms with Crippen molar-refractivity contribution in [3.63, 3.8) is 0 Å². The molecule has 2 atom stereocenters. The lowest BCUT2D eigenvalue weighted by Gasteiger charge is -2.14. The zero-order chi connectivity index (χ0) is 9.84. The number of carbonyl (C=O) groups is 1. The second-order valence-electron chi connectivity index (χ2n) is 4.58. The molecule has 0 heterocycles. The molecule has 0 aliphatic heterocycles. The van der Waals surface area contributed by atoms with Gasteiger partial charge in [-0.15, -0.1) is 0 Å². The third-order valence-electron chi connectivity index (χ3n) is 2.94. The van der Waals surface area contributed by atoms with E-state index in [1.165, 1.54) is 25.7 Å². The van der Waals surface area contributed by atoms with Crippen LogP contribution in [0.1, 0.15) is 46.0 Å². The van der Waals surface area contributed by atoms with Crippen molar-refractivity contribution in [3.05, 3.63) is 0 Å². The van der Waals surface area contributed by atoms with Crippen LogP contribution < -0.4 is 5.73 Å². The van der Waals surface area contributed by atoms with Crippen molar-refractivity contribution >= 4 is 5.78 Å². The molecule has 2 N–H and O–H groups in total. The maximum Gasteiger partial charge on any atom is 0.146 e. The quantitative estimate of drug-likeness (QED) is 0.685. The predicted octanol–water partition coefficient (Wildman–Crippen LogP) is 2.12. The second-order valence-corrected chi connectivity index (χ2v) is 4.58. The van der Waals surface area contributed by atoms with Crippen molar-refractivity contribution in [2.75, 3.05) is 0 Å². The van der Waals surface area contributed by atoms with E-state index in [2.05, 4.69) is 6.92 Å². The van der Waals surface area contributed by atoms with Gasteiger partial charge in [-0.3, -0.25) is 4.79 Å². The normalized spacial score (nSPS) is 21.2. The van der Waals surface area contributed by atoms with Crippen molar-refractivity contribution in [1.82, 2.24) is 0 Å². The molecule has 0 amide bonds. The van der Waals surface area contributed by atoms with Gasteiger partial charge in [0.05, 0.1) is 6.04 Å². The van der Waals surface area contributed by atoms with Crippen LogP contribution in [0.3, 0.4) is 0 Å². The summed E-state index contributed by atoms with van der Waals surface area (Å²) in [4.78, 5) is 10.9. The van der Waals surface area contributed by atoms with E-state index in [0.717, 1.165) is 12.3 Å². The number of hydrogen-bond donors (Lipinski definition) is 1. The van der Waals surface area contributed by atoms with E-state index in [0.29, 0.717) is 5.92 Å². The molecule has 0 bridgehead atoms. The van der Waals surface area contributed by atoms with Crippen molar-refractivity contribution in [2.24, 2.45) is 17.6 Å². The zero-order valence-electron chi connectivity index (χ0n) is 8.75. The minimum absolute atomic E-state index is 0.123. The Morgan fingerprint density at radius 2 is 2.15 bits per heavy atom. The van der Waals surface area contributed by atoms with Crippen molar-refractivity contribution in [1.29, 1.82) is 0 Å². The number of Topliss-reactive ketones (excluding diaryl/α,β-unsaturated/α-hetero) is 1.